The number of rotatable bonds is 3. The van der Waals surface area contributed by atoms with E-state index in [1.165, 1.54) is 6.33 Å². The summed E-state index contributed by atoms with van der Waals surface area (Å²) in [6.07, 6.45) is 5.45. The number of primary amides is 1. The van der Waals surface area contributed by atoms with Crippen molar-refractivity contribution in [3.05, 3.63) is 18.1 Å². The third kappa shape index (κ3) is 2.90. The zero-order chi connectivity index (χ0) is 15.5. The highest BCUT2D eigenvalue weighted by molar-refractivity contribution is 5.91. The number of aromatic nitrogens is 2. The van der Waals surface area contributed by atoms with Crippen LogP contribution in [0.3, 0.4) is 0 Å². The molecule has 0 aromatic carbocycles. The fourth-order valence-electron chi connectivity index (χ4n) is 2.78. The average molecular weight is 302 g/mol. The van der Waals surface area contributed by atoms with Gasteiger partial charge in [0.1, 0.15) is 17.8 Å². The van der Waals surface area contributed by atoms with E-state index in [4.69, 9.17) is 5.73 Å². The molecule has 1 fully saturated rings. The van der Waals surface area contributed by atoms with Crippen molar-refractivity contribution in [2.75, 3.05) is 24.5 Å². The van der Waals surface area contributed by atoms with Gasteiger partial charge in [-0.25, -0.2) is 15.0 Å². The molecule has 1 aromatic rings. The van der Waals surface area contributed by atoms with E-state index in [0.29, 0.717) is 25.5 Å². The molecule has 8 heteroatoms. The summed E-state index contributed by atoms with van der Waals surface area (Å²) in [6, 6.07) is 1.59. The van der Waals surface area contributed by atoms with Gasteiger partial charge in [0.05, 0.1) is 0 Å². The van der Waals surface area contributed by atoms with Crippen LogP contribution in [0, 0.1) is 5.92 Å². The molecule has 3 rings (SSSR count). The van der Waals surface area contributed by atoms with Gasteiger partial charge in [0.2, 0.25) is 5.91 Å². The Bertz CT molecular complexity index is 609. The summed E-state index contributed by atoms with van der Waals surface area (Å²) in [5.41, 5.74) is 5.44. The molecule has 0 radical (unpaired) electrons. The minimum atomic E-state index is -0.569. The number of hydrazone groups is 1. The first-order valence-corrected chi connectivity index (χ1v) is 7.36. The summed E-state index contributed by atoms with van der Waals surface area (Å²) in [6.45, 7) is 2.11. The number of piperidine rings is 1. The minimum Gasteiger partial charge on any atom is -0.364 e. The molecule has 0 atom stereocenters. The number of hydrogen-bond donors (Lipinski definition) is 1. The van der Waals surface area contributed by atoms with E-state index >= 15 is 0 Å². The molecule has 0 bridgehead atoms. The molecular formula is C14H18N6O2. The van der Waals surface area contributed by atoms with E-state index in [1.54, 1.807) is 17.3 Å². The number of nitrogens with zero attached hydrogens (tertiary/aromatic N) is 5. The lowest BCUT2D eigenvalue weighted by molar-refractivity contribution is -0.135. The molecule has 116 valence electrons. The zero-order valence-electron chi connectivity index (χ0n) is 12.2. The van der Waals surface area contributed by atoms with Crippen molar-refractivity contribution >= 4 is 23.8 Å². The molecule has 2 amide bonds. The summed E-state index contributed by atoms with van der Waals surface area (Å²) in [5.74, 6) is 0.215. The van der Waals surface area contributed by atoms with Crippen LogP contribution in [0.25, 0.3) is 0 Å². The highest BCUT2D eigenvalue weighted by Gasteiger charge is 2.29. The fraction of sp³-hybridized carbons (Fsp3) is 0.500. The predicted octanol–water partition coefficient (Wildman–Crippen LogP) is 0.01000. The maximum absolute atomic E-state index is 12.3. The van der Waals surface area contributed by atoms with Crippen molar-refractivity contribution in [1.82, 2.24) is 15.0 Å². The molecule has 1 saturated heterocycles. The van der Waals surface area contributed by atoms with Crippen LogP contribution in [-0.4, -0.2) is 52.6 Å². The highest BCUT2D eigenvalue weighted by Crippen LogP contribution is 2.24. The number of carbonyl (C=O) groups is 2. The van der Waals surface area contributed by atoms with Gasteiger partial charge in [0.25, 0.3) is 5.91 Å². The van der Waals surface area contributed by atoms with Gasteiger partial charge in [-0.2, -0.15) is 5.10 Å². The highest BCUT2D eigenvalue weighted by atomic mass is 16.2. The van der Waals surface area contributed by atoms with Crippen molar-refractivity contribution in [2.24, 2.45) is 16.8 Å². The van der Waals surface area contributed by atoms with Crippen molar-refractivity contribution in [3.63, 3.8) is 0 Å². The molecule has 3 heterocycles. The molecule has 2 aliphatic rings. The summed E-state index contributed by atoms with van der Waals surface area (Å²) in [7, 11) is 0. The normalized spacial score (nSPS) is 18.7. The van der Waals surface area contributed by atoms with E-state index in [0.717, 1.165) is 19.3 Å². The first kappa shape index (κ1) is 14.4. The molecule has 0 aliphatic carbocycles. The standard InChI is InChI=1S/C14H18N6O2/c15-13(21)11-8-12(17-9-16-11)19-6-2-10(3-7-19)14(22)20-5-1-4-18-20/h4,8-10H,1-3,5-7H2,(H2,15,21). The molecule has 8 nitrogen and oxygen atoms in total. The van der Waals surface area contributed by atoms with E-state index in [2.05, 4.69) is 15.1 Å². The lowest BCUT2D eigenvalue weighted by atomic mass is 9.95. The molecular weight excluding hydrogens is 284 g/mol. The predicted molar refractivity (Wildman–Crippen MR) is 80.3 cm³/mol. The largest absolute Gasteiger partial charge is 0.364 e. The Labute approximate surface area is 128 Å². The van der Waals surface area contributed by atoms with Crippen LogP contribution in [0.5, 0.6) is 0 Å². The van der Waals surface area contributed by atoms with Crippen LogP contribution in [-0.2, 0) is 4.79 Å². The molecule has 22 heavy (non-hydrogen) atoms. The van der Waals surface area contributed by atoms with E-state index in [9.17, 15) is 9.59 Å². The van der Waals surface area contributed by atoms with Crippen LogP contribution in [0.1, 0.15) is 29.8 Å². The number of carbonyl (C=O) groups excluding carboxylic acids is 2. The Morgan fingerprint density at radius 3 is 2.59 bits per heavy atom. The average Bonchev–Trinajstić information content (AvgIpc) is 3.09. The van der Waals surface area contributed by atoms with Crippen LogP contribution < -0.4 is 10.6 Å². The second-order valence-corrected chi connectivity index (χ2v) is 5.44. The molecule has 2 aliphatic heterocycles. The Hall–Kier alpha value is -2.51. The Kier molecular flexibility index (Phi) is 3.99. The van der Waals surface area contributed by atoms with Gasteiger partial charge in [-0.3, -0.25) is 9.59 Å². The maximum Gasteiger partial charge on any atom is 0.267 e. The third-order valence-corrected chi connectivity index (χ3v) is 4.02. The van der Waals surface area contributed by atoms with Gasteiger partial charge >= 0.3 is 0 Å². The van der Waals surface area contributed by atoms with Crippen LogP contribution in [0.2, 0.25) is 0 Å². The second-order valence-electron chi connectivity index (χ2n) is 5.44. The van der Waals surface area contributed by atoms with Crippen molar-refractivity contribution < 1.29 is 9.59 Å². The Morgan fingerprint density at radius 2 is 1.95 bits per heavy atom. The molecule has 1 aromatic heterocycles. The van der Waals surface area contributed by atoms with E-state index in [-0.39, 0.29) is 17.5 Å². The van der Waals surface area contributed by atoms with Gasteiger partial charge in [-0.15, -0.1) is 0 Å². The lowest BCUT2D eigenvalue weighted by Crippen LogP contribution is -2.40. The van der Waals surface area contributed by atoms with Crippen molar-refractivity contribution in [2.45, 2.75) is 19.3 Å². The van der Waals surface area contributed by atoms with Crippen molar-refractivity contribution in [3.8, 4) is 0 Å². The maximum atomic E-state index is 12.3. The number of hydrogen-bond acceptors (Lipinski definition) is 6. The fourth-order valence-corrected chi connectivity index (χ4v) is 2.78. The molecule has 2 N–H and O–H groups in total. The van der Waals surface area contributed by atoms with Gasteiger partial charge in [-0.1, -0.05) is 0 Å². The summed E-state index contributed by atoms with van der Waals surface area (Å²) in [5, 5.41) is 5.66. The second kappa shape index (κ2) is 6.08. The number of nitrogens with two attached hydrogens (primary N) is 1. The van der Waals surface area contributed by atoms with Crippen molar-refractivity contribution in [1.29, 1.82) is 0 Å². The summed E-state index contributed by atoms with van der Waals surface area (Å²) < 4.78 is 0. The topological polar surface area (TPSA) is 105 Å². The van der Waals surface area contributed by atoms with Gasteiger partial charge in [0, 0.05) is 44.3 Å². The van der Waals surface area contributed by atoms with Gasteiger partial charge in [-0.05, 0) is 12.8 Å². The SMILES string of the molecule is NC(=O)c1cc(N2CCC(C(=O)N3CCC=N3)CC2)ncn1. The van der Waals surface area contributed by atoms with E-state index < -0.39 is 5.91 Å². The zero-order valence-corrected chi connectivity index (χ0v) is 12.2. The minimum absolute atomic E-state index is 0.00366. The van der Waals surface area contributed by atoms with Crippen LogP contribution in [0.15, 0.2) is 17.5 Å². The number of anilines is 1. The smallest absolute Gasteiger partial charge is 0.267 e. The lowest BCUT2D eigenvalue weighted by Gasteiger charge is -2.33. The first-order chi connectivity index (χ1) is 10.6. The van der Waals surface area contributed by atoms with Crippen LogP contribution in [0.4, 0.5) is 5.82 Å². The molecule has 0 saturated carbocycles. The van der Waals surface area contributed by atoms with E-state index in [1.807, 2.05) is 4.90 Å². The van der Waals surface area contributed by atoms with Gasteiger partial charge < -0.3 is 10.6 Å². The monoisotopic (exact) mass is 302 g/mol. The summed E-state index contributed by atoms with van der Waals surface area (Å²) in [4.78, 5) is 33.5. The first-order valence-electron chi connectivity index (χ1n) is 7.36. The van der Waals surface area contributed by atoms with Crippen LogP contribution >= 0.6 is 0 Å². The Morgan fingerprint density at radius 1 is 1.18 bits per heavy atom. The molecule has 0 unspecified atom stereocenters. The Balaban J connectivity index is 1.61. The summed E-state index contributed by atoms with van der Waals surface area (Å²) >= 11 is 0. The van der Waals surface area contributed by atoms with Gasteiger partial charge in [0.15, 0.2) is 0 Å². The number of amides is 2. The molecule has 0 spiro atoms. The third-order valence-electron chi connectivity index (χ3n) is 4.02. The quantitative estimate of drug-likeness (QED) is 0.847.